The Labute approximate surface area is 113 Å². The van der Waals surface area contributed by atoms with Gasteiger partial charge in [-0.25, -0.2) is 0 Å². The van der Waals surface area contributed by atoms with Crippen LogP contribution < -0.4 is 9.47 Å². The molecule has 0 unspecified atom stereocenters. The molecule has 1 aromatic carbocycles. The van der Waals surface area contributed by atoms with E-state index < -0.39 is 11.4 Å². The number of rotatable bonds is 3. The van der Waals surface area contributed by atoms with Gasteiger partial charge in [0.25, 0.3) is 0 Å². The molecule has 0 spiro atoms. The minimum Gasteiger partial charge on any atom is -0.493 e. The lowest BCUT2D eigenvalue weighted by atomic mass is 9.93. The Morgan fingerprint density at radius 3 is 2.83 bits per heavy atom. The third-order valence-electron chi connectivity index (χ3n) is 3.77. The Hall–Kier alpha value is -1.23. The van der Waals surface area contributed by atoms with Crippen molar-refractivity contribution in [2.75, 3.05) is 13.7 Å². The van der Waals surface area contributed by atoms with Crippen LogP contribution in [0, 0.1) is 0 Å². The largest absolute Gasteiger partial charge is 0.493 e. The predicted octanol–water partition coefficient (Wildman–Crippen LogP) is 2.51. The van der Waals surface area contributed by atoms with Crippen LogP contribution in [0.3, 0.4) is 0 Å². The molecule has 4 nitrogen and oxygen atoms in total. The van der Waals surface area contributed by atoms with E-state index in [4.69, 9.17) is 9.47 Å². The van der Waals surface area contributed by atoms with Crippen LogP contribution in [0.1, 0.15) is 24.0 Å². The van der Waals surface area contributed by atoms with Crippen molar-refractivity contribution in [1.82, 2.24) is 0 Å². The molecule has 18 heavy (non-hydrogen) atoms. The number of carboxylic acids is 1. The Balaban J connectivity index is 2.20. The topological polar surface area (TPSA) is 55.8 Å². The monoisotopic (exact) mass is 312 g/mol. The van der Waals surface area contributed by atoms with Gasteiger partial charge in [0, 0.05) is 16.5 Å². The number of carboxylic acid groups (broad SMARTS) is 1. The van der Waals surface area contributed by atoms with E-state index in [0.717, 1.165) is 27.8 Å². The molecule has 1 aliphatic carbocycles. The summed E-state index contributed by atoms with van der Waals surface area (Å²) in [5.41, 5.74) is 1.11. The highest BCUT2D eigenvalue weighted by Gasteiger charge is 2.53. The van der Waals surface area contributed by atoms with E-state index in [-0.39, 0.29) is 0 Å². The molecule has 0 bridgehead atoms. The van der Waals surface area contributed by atoms with E-state index in [1.807, 2.05) is 0 Å². The Kier molecular flexibility index (Phi) is 2.55. The van der Waals surface area contributed by atoms with Crippen molar-refractivity contribution in [2.24, 2.45) is 0 Å². The molecule has 3 rings (SSSR count). The summed E-state index contributed by atoms with van der Waals surface area (Å²) < 4.78 is 11.7. The highest BCUT2D eigenvalue weighted by Crippen LogP contribution is 2.54. The number of carbonyl (C=O) groups is 1. The molecule has 0 saturated heterocycles. The summed E-state index contributed by atoms with van der Waals surface area (Å²) in [7, 11) is 1.58. The second-order valence-corrected chi connectivity index (χ2v) is 5.53. The number of fused-ring (bicyclic) bond motifs is 1. The van der Waals surface area contributed by atoms with Gasteiger partial charge in [-0.05, 0) is 24.5 Å². The molecule has 1 aromatic rings. The smallest absolute Gasteiger partial charge is 0.314 e. The minimum atomic E-state index is -0.760. The number of benzene rings is 1. The Bertz CT molecular complexity index is 534. The van der Waals surface area contributed by atoms with Gasteiger partial charge in [-0.15, -0.1) is 0 Å². The highest BCUT2D eigenvalue weighted by molar-refractivity contribution is 9.10. The first-order chi connectivity index (χ1) is 8.60. The maximum Gasteiger partial charge on any atom is 0.314 e. The van der Waals surface area contributed by atoms with Crippen molar-refractivity contribution in [3.8, 4) is 11.5 Å². The van der Waals surface area contributed by atoms with Crippen LogP contribution in [0.25, 0.3) is 0 Å². The fourth-order valence-corrected chi connectivity index (χ4v) is 3.40. The summed E-state index contributed by atoms with van der Waals surface area (Å²) in [4.78, 5) is 11.4. The van der Waals surface area contributed by atoms with Crippen molar-refractivity contribution in [2.45, 2.75) is 24.7 Å². The average molecular weight is 313 g/mol. The van der Waals surface area contributed by atoms with Crippen molar-refractivity contribution < 1.29 is 19.4 Å². The van der Waals surface area contributed by atoms with Gasteiger partial charge >= 0.3 is 5.97 Å². The van der Waals surface area contributed by atoms with Gasteiger partial charge in [0.05, 0.1) is 19.1 Å². The van der Waals surface area contributed by atoms with Crippen LogP contribution in [0.5, 0.6) is 11.5 Å². The zero-order valence-electron chi connectivity index (χ0n) is 9.96. The lowest BCUT2D eigenvalue weighted by Crippen LogP contribution is -2.20. The molecule has 2 aliphatic rings. The highest BCUT2D eigenvalue weighted by atomic mass is 79.9. The van der Waals surface area contributed by atoms with Crippen LogP contribution in [0.15, 0.2) is 10.5 Å². The van der Waals surface area contributed by atoms with Crippen LogP contribution >= 0.6 is 15.9 Å². The van der Waals surface area contributed by atoms with Gasteiger partial charge in [0.15, 0.2) is 11.5 Å². The molecule has 96 valence electrons. The summed E-state index contributed by atoms with van der Waals surface area (Å²) >= 11 is 3.54. The quantitative estimate of drug-likeness (QED) is 0.931. The van der Waals surface area contributed by atoms with E-state index in [9.17, 15) is 9.90 Å². The average Bonchev–Trinajstić information content (AvgIpc) is 3.00. The minimum absolute atomic E-state index is 0.619. The van der Waals surface area contributed by atoms with E-state index in [1.54, 1.807) is 13.2 Å². The van der Waals surface area contributed by atoms with Crippen LogP contribution in [0.2, 0.25) is 0 Å². The van der Waals surface area contributed by atoms with Gasteiger partial charge in [-0.2, -0.15) is 0 Å². The standard InChI is InChI=1S/C13H13BrO4/c1-17-9-6-8(13(3-4-13)12(15)16)10(14)7-2-5-18-11(7)9/h6H,2-5H2,1H3,(H,15,16). The number of hydrogen-bond donors (Lipinski definition) is 1. The fourth-order valence-electron chi connectivity index (χ4n) is 2.53. The van der Waals surface area contributed by atoms with Gasteiger partial charge in [0.1, 0.15) is 0 Å². The number of aliphatic carboxylic acids is 1. The SMILES string of the molecule is COc1cc(C2(C(=O)O)CC2)c(Br)c2c1OCC2. The second kappa shape index (κ2) is 3.88. The molecule has 0 aromatic heterocycles. The Morgan fingerprint density at radius 1 is 1.56 bits per heavy atom. The number of ether oxygens (including phenoxy) is 2. The first-order valence-corrected chi connectivity index (χ1v) is 6.65. The van der Waals surface area contributed by atoms with Gasteiger partial charge in [-0.1, -0.05) is 15.9 Å². The third-order valence-corrected chi connectivity index (χ3v) is 4.67. The van der Waals surface area contributed by atoms with Crippen LogP contribution in [-0.4, -0.2) is 24.8 Å². The molecular weight excluding hydrogens is 300 g/mol. The number of methoxy groups -OCH3 is 1. The summed E-state index contributed by atoms with van der Waals surface area (Å²) in [6, 6.07) is 1.80. The Morgan fingerprint density at radius 2 is 2.28 bits per heavy atom. The summed E-state index contributed by atoms with van der Waals surface area (Å²) in [6.45, 7) is 0.619. The van der Waals surface area contributed by atoms with Crippen LogP contribution in [-0.2, 0) is 16.6 Å². The fraction of sp³-hybridized carbons (Fsp3) is 0.462. The maximum atomic E-state index is 11.4. The molecule has 0 amide bonds. The molecule has 1 fully saturated rings. The molecule has 0 atom stereocenters. The molecule has 1 aliphatic heterocycles. The van der Waals surface area contributed by atoms with Crippen molar-refractivity contribution in [1.29, 1.82) is 0 Å². The number of hydrogen-bond acceptors (Lipinski definition) is 3. The van der Waals surface area contributed by atoms with Gasteiger partial charge in [0.2, 0.25) is 0 Å². The van der Waals surface area contributed by atoms with Crippen molar-refractivity contribution in [3.63, 3.8) is 0 Å². The zero-order chi connectivity index (χ0) is 12.9. The summed E-state index contributed by atoms with van der Waals surface area (Å²) in [6.07, 6.45) is 2.16. The molecule has 1 heterocycles. The molecule has 1 N–H and O–H groups in total. The first-order valence-electron chi connectivity index (χ1n) is 5.86. The van der Waals surface area contributed by atoms with Crippen LogP contribution in [0.4, 0.5) is 0 Å². The second-order valence-electron chi connectivity index (χ2n) is 4.73. The summed E-state index contributed by atoms with van der Waals surface area (Å²) in [5, 5.41) is 9.40. The normalized spacial score (nSPS) is 19.0. The van der Waals surface area contributed by atoms with Gasteiger partial charge < -0.3 is 14.6 Å². The van der Waals surface area contributed by atoms with E-state index in [0.29, 0.717) is 25.2 Å². The molecule has 0 radical (unpaired) electrons. The van der Waals surface area contributed by atoms with Crippen molar-refractivity contribution in [3.05, 3.63) is 21.7 Å². The molecule has 5 heteroatoms. The zero-order valence-corrected chi connectivity index (χ0v) is 11.5. The van der Waals surface area contributed by atoms with Crippen molar-refractivity contribution >= 4 is 21.9 Å². The third kappa shape index (κ3) is 1.46. The number of halogens is 1. The predicted molar refractivity (Wildman–Crippen MR) is 68.4 cm³/mol. The lowest BCUT2D eigenvalue weighted by molar-refractivity contribution is -0.140. The first kappa shape index (κ1) is 11.8. The van der Waals surface area contributed by atoms with E-state index in [1.165, 1.54) is 0 Å². The van der Waals surface area contributed by atoms with E-state index >= 15 is 0 Å². The lowest BCUT2D eigenvalue weighted by Gasteiger charge is -2.17. The maximum absolute atomic E-state index is 11.4. The molecule has 1 saturated carbocycles. The molecular formula is C13H13BrO4. The summed E-state index contributed by atoms with van der Waals surface area (Å²) in [5.74, 6) is 0.617. The van der Waals surface area contributed by atoms with E-state index in [2.05, 4.69) is 15.9 Å². The van der Waals surface area contributed by atoms with Gasteiger partial charge in [-0.3, -0.25) is 4.79 Å².